The normalized spacial score (nSPS) is 13.5. The van der Waals surface area contributed by atoms with Crippen LogP contribution in [0.4, 0.5) is 5.69 Å². The van der Waals surface area contributed by atoms with Crippen molar-refractivity contribution in [2.24, 2.45) is 0 Å². The van der Waals surface area contributed by atoms with Crippen LogP contribution in [0.3, 0.4) is 0 Å². The van der Waals surface area contributed by atoms with Crippen molar-refractivity contribution in [1.82, 2.24) is 0 Å². The summed E-state index contributed by atoms with van der Waals surface area (Å²) in [5.41, 5.74) is 0.0328. The van der Waals surface area contributed by atoms with Gasteiger partial charge in [-0.15, -0.1) is 0 Å². The summed E-state index contributed by atoms with van der Waals surface area (Å²) in [6.45, 7) is 3.29. The lowest BCUT2D eigenvalue weighted by Gasteiger charge is -2.24. The predicted molar refractivity (Wildman–Crippen MR) is 79.3 cm³/mol. The molecule has 2 aromatic carbocycles. The van der Waals surface area contributed by atoms with Gasteiger partial charge in [0.2, 0.25) is 0 Å². The Morgan fingerprint density at radius 2 is 1.86 bits per heavy atom. The van der Waals surface area contributed by atoms with Crippen LogP contribution in [-0.2, 0) is 5.60 Å². The number of para-hydroxylation sites is 1. The van der Waals surface area contributed by atoms with E-state index in [9.17, 15) is 15.2 Å². The van der Waals surface area contributed by atoms with Gasteiger partial charge in [-0.3, -0.25) is 10.1 Å². The number of ether oxygens (including phenoxy) is 1. The van der Waals surface area contributed by atoms with Crippen LogP contribution in [-0.4, -0.2) is 16.6 Å². The van der Waals surface area contributed by atoms with Crippen LogP contribution in [0.1, 0.15) is 18.1 Å². The number of nitro groups is 1. The van der Waals surface area contributed by atoms with E-state index >= 15 is 0 Å². The van der Waals surface area contributed by atoms with E-state index in [-0.39, 0.29) is 18.0 Å². The fraction of sp³-hybridized carbons (Fsp3) is 0.250. The summed E-state index contributed by atoms with van der Waals surface area (Å²) in [7, 11) is 0. The van der Waals surface area contributed by atoms with Gasteiger partial charge < -0.3 is 9.84 Å². The van der Waals surface area contributed by atoms with Crippen molar-refractivity contribution in [2.75, 3.05) is 6.61 Å². The third-order valence-electron chi connectivity index (χ3n) is 3.28. The van der Waals surface area contributed by atoms with Crippen LogP contribution in [0, 0.1) is 17.0 Å². The summed E-state index contributed by atoms with van der Waals surface area (Å²) in [5.74, 6) is 0.193. The molecule has 0 aliphatic rings. The summed E-state index contributed by atoms with van der Waals surface area (Å²) in [4.78, 5) is 10.5. The molecule has 21 heavy (non-hydrogen) atoms. The van der Waals surface area contributed by atoms with Crippen molar-refractivity contribution < 1.29 is 14.8 Å². The zero-order valence-electron chi connectivity index (χ0n) is 11.9. The quantitative estimate of drug-likeness (QED) is 0.677. The molecule has 0 aliphatic heterocycles. The molecule has 0 radical (unpaired) electrons. The third kappa shape index (κ3) is 3.38. The summed E-state index contributed by atoms with van der Waals surface area (Å²) < 4.78 is 5.56. The van der Waals surface area contributed by atoms with E-state index in [2.05, 4.69) is 0 Å². The largest absolute Gasteiger partial charge is 0.483 e. The van der Waals surface area contributed by atoms with Crippen molar-refractivity contribution in [3.8, 4) is 5.75 Å². The molecule has 5 nitrogen and oxygen atoms in total. The van der Waals surface area contributed by atoms with E-state index in [4.69, 9.17) is 4.74 Å². The summed E-state index contributed by atoms with van der Waals surface area (Å²) in [6.07, 6.45) is 0. The van der Waals surface area contributed by atoms with Crippen LogP contribution < -0.4 is 4.74 Å². The van der Waals surface area contributed by atoms with Crippen molar-refractivity contribution in [2.45, 2.75) is 19.4 Å². The average Bonchev–Trinajstić information content (AvgIpc) is 2.46. The molecule has 2 rings (SSSR count). The Kier molecular flexibility index (Phi) is 4.23. The molecule has 0 aliphatic carbocycles. The van der Waals surface area contributed by atoms with Crippen LogP contribution in [0.15, 0.2) is 48.5 Å². The Balaban J connectivity index is 2.22. The first-order valence-electron chi connectivity index (χ1n) is 6.56. The Bertz CT molecular complexity index is 638. The predicted octanol–water partition coefficient (Wildman–Crippen LogP) is 3.19. The Hall–Kier alpha value is -2.40. The number of nitrogens with zero attached hydrogens (tertiary/aromatic N) is 1. The molecule has 1 N–H and O–H groups in total. The number of aryl methyl sites for hydroxylation is 1. The lowest BCUT2D eigenvalue weighted by molar-refractivity contribution is -0.386. The van der Waals surface area contributed by atoms with Gasteiger partial charge in [0.1, 0.15) is 12.2 Å². The van der Waals surface area contributed by atoms with E-state index in [1.807, 2.05) is 18.2 Å². The van der Waals surface area contributed by atoms with Gasteiger partial charge in [-0.25, -0.2) is 0 Å². The van der Waals surface area contributed by atoms with Crippen LogP contribution >= 0.6 is 0 Å². The molecule has 110 valence electrons. The molecule has 0 heterocycles. The van der Waals surface area contributed by atoms with E-state index < -0.39 is 10.5 Å². The fourth-order valence-corrected chi connectivity index (χ4v) is 2.06. The maximum Gasteiger partial charge on any atom is 0.311 e. The first kappa shape index (κ1) is 15.0. The van der Waals surface area contributed by atoms with Gasteiger partial charge in [-0.1, -0.05) is 42.5 Å². The molecule has 1 unspecified atom stereocenters. The Morgan fingerprint density at radius 1 is 1.19 bits per heavy atom. The SMILES string of the molecule is Cc1cccc([N+](=O)[O-])c1OCC(C)(O)c1ccccc1. The Morgan fingerprint density at radius 3 is 2.48 bits per heavy atom. The van der Waals surface area contributed by atoms with E-state index in [0.29, 0.717) is 11.1 Å². The Labute approximate surface area is 123 Å². The number of benzene rings is 2. The summed E-state index contributed by atoms with van der Waals surface area (Å²) in [6, 6.07) is 13.8. The molecule has 0 aromatic heterocycles. The zero-order chi connectivity index (χ0) is 15.5. The summed E-state index contributed by atoms with van der Waals surface area (Å²) >= 11 is 0. The fourth-order valence-electron chi connectivity index (χ4n) is 2.06. The van der Waals surface area contributed by atoms with Crippen LogP contribution in [0.25, 0.3) is 0 Å². The monoisotopic (exact) mass is 287 g/mol. The van der Waals surface area contributed by atoms with Gasteiger partial charge in [0.15, 0.2) is 5.75 Å². The van der Waals surface area contributed by atoms with Crippen LogP contribution in [0.5, 0.6) is 5.75 Å². The average molecular weight is 287 g/mol. The minimum atomic E-state index is -1.22. The van der Waals surface area contributed by atoms with E-state index in [0.717, 1.165) is 0 Å². The van der Waals surface area contributed by atoms with Gasteiger partial charge >= 0.3 is 5.69 Å². The lowest BCUT2D eigenvalue weighted by atomic mass is 9.97. The first-order chi connectivity index (χ1) is 9.92. The molecule has 0 amide bonds. The number of rotatable bonds is 5. The molecule has 0 bridgehead atoms. The highest BCUT2D eigenvalue weighted by molar-refractivity contribution is 5.51. The van der Waals surface area contributed by atoms with Gasteiger partial charge in [-0.05, 0) is 25.0 Å². The number of hydrogen-bond donors (Lipinski definition) is 1. The minimum Gasteiger partial charge on any atom is -0.483 e. The molecule has 2 aromatic rings. The molecule has 0 saturated carbocycles. The number of aliphatic hydroxyl groups is 1. The highest BCUT2D eigenvalue weighted by Crippen LogP contribution is 2.32. The topological polar surface area (TPSA) is 72.6 Å². The van der Waals surface area contributed by atoms with Gasteiger partial charge in [0.25, 0.3) is 0 Å². The smallest absolute Gasteiger partial charge is 0.311 e. The molecule has 1 atom stereocenters. The maximum absolute atomic E-state index is 11.0. The van der Waals surface area contributed by atoms with Crippen molar-refractivity contribution in [1.29, 1.82) is 0 Å². The highest BCUT2D eigenvalue weighted by Gasteiger charge is 2.26. The minimum absolute atomic E-state index is 0.0668. The van der Waals surface area contributed by atoms with Crippen molar-refractivity contribution in [3.05, 3.63) is 69.8 Å². The first-order valence-corrected chi connectivity index (χ1v) is 6.56. The highest BCUT2D eigenvalue weighted by atomic mass is 16.6. The van der Waals surface area contributed by atoms with E-state index in [1.54, 1.807) is 38.1 Å². The summed E-state index contributed by atoms with van der Waals surface area (Å²) in [5, 5.41) is 21.5. The maximum atomic E-state index is 11.0. The van der Waals surface area contributed by atoms with Gasteiger partial charge in [0.05, 0.1) is 4.92 Å². The molecule has 0 fully saturated rings. The zero-order valence-corrected chi connectivity index (χ0v) is 11.9. The molecule has 5 heteroatoms. The second-order valence-electron chi connectivity index (χ2n) is 5.11. The molecular formula is C16H17NO4. The second-order valence-corrected chi connectivity index (χ2v) is 5.11. The van der Waals surface area contributed by atoms with Gasteiger partial charge in [0, 0.05) is 6.07 Å². The number of hydrogen-bond acceptors (Lipinski definition) is 4. The van der Waals surface area contributed by atoms with E-state index in [1.165, 1.54) is 6.07 Å². The lowest BCUT2D eigenvalue weighted by Crippen LogP contribution is -2.29. The number of nitro benzene ring substituents is 1. The van der Waals surface area contributed by atoms with Crippen LogP contribution in [0.2, 0.25) is 0 Å². The third-order valence-corrected chi connectivity index (χ3v) is 3.28. The molecule has 0 saturated heterocycles. The van der Waals surface area contributed by atoms with Gasteiger partial charge in [-0.2, -0.15) is 0 Å². The molecular weight excluding hydrogens is 270 g/mol. The second kappa shape index (κ2) is 5.93. The van der Waals surface area contributed by atoms with Crippen molar-refractivity contribution >= 4 is 5.69 Å². The molecule has 0 spiro atoms. The standard InChI is InChI=1S/C16H17NO4/c1-12-7-6-10-14(17(19)20)15(12)21-11-16(2,18)13-8-4-3-5-9-13/h3-10,18H,11H2,1-2H3. The van der Waals surface area contributed by atoms with Crippen molar-refractivity contribution in [3.63, 3.8) is 0 Å².